The molecule has 0 atom stereocenters. The number of rotatable bonds is 9. The summed E-state index contributed by atoms with van der Waals surface area (Å²) >= 11 is 0. The van der Waals surface area contributed by atoms with Crippen LogP contribution < -0.4 is 15.4 Å². The first-order valence-electron chi connectivity index (χ1n) is 9.58. The molecule has 0 spiro atoms. The van der Waals surface area contributed by atoms with E-state index in [2.05, 4.69) is 15.6 Å². The number of benzene rings is 1. The Hall–Kier alpha value is -2.28. The zero-order valence-corrected chi connectivity index (χ0v) is 16.7. The molecule has 0 heterocycles. The Bertz CT molecular complexity index is 613. The number of hydrogen-bond acceptors (Lipinski definition) is 4. The lowest BCUT2D eigenvalue weighted by molar-refractivity contribution is -0.127. The van der Waals surface area contributed by atoms with Crippen molar-refractivity contribution in [2.75, 3.05) is 46.3 Å². The molecule has 27 heavy (non-hydrogen) atoms. The number of likely N-dealkylation sites (N-methyl/N-ethyl adjacent to an activating group) is 1. The summed E-state index contributed by atoms with van der Waals surface area (Å²) in [4.78, 5) is 17.9. The van der Waals surface area contributed by atoms with E-state index < -0.39 is 0 Å². The molecule has 1 aromatic carbocycles. The monoisotopic (exact) mass is 376 g/mol. The zero-order valence-electron chi connectivity index (χ0n) is 16.7. The SMILES string of the molecule is COCCCOc1cccc(NC(=NCC(=O)N(C)C)NC2CCCC2)c1. The Morgan fingerprint density at radius 1 is 1.26 bits per heavy atom. The van der Waals surface area contributed by atoms with Crippen LogP contribution in [0.2, 0.25) is 0 Å². The topological polar surface area (TPSA) is 75.2 Å². The molecule has 1 amide bonds. The third-order valence-corrected chi connectivity index (χ3v) is 4.43. The van der Waals surface area contributed by atoms with Crippen LogP contribution in [0.25, 0.3) is 0 Å². The van der Waals surface area contributed by atoms with Gasteiger partial charge in [0.1, 0.15) is 12.3 Å². The first-order valence-corrected chi connectivity index (χ1v) is 9.58. The summed E-state index contributed by atoms with van der Waals surface area (Å²) < 4.78 is 10.8. The van der Waals surface area contributed by atoms with E-state index in [1.54, 1.807) is 26.1 Å². The van der Waals surface area contributed by atoms with Gasteiger partial charge in [-0.1, -0.05) is 18.9 Å². The molecule has 0 aliphatic heterocycles. The van der Waals surface area contributed by atoms with E-state index in [0.717, 1.165) is 30.7 Å². The minimum Gasteiger partial charge on any atom is -0.493 e. The summed E-state index contributed by atoms with van der Waals surface area (Å²) in [5.41, 5.74) is 0.876. The molecule has 0 radical (unpaired) electrons. The number of aliphatic imine (C=N–C) groups is 1. The fourth-order valence-corrected chi connectivity index (χ4v) is 2.87. The smallest absolute Gasteiger partial charge is 0.243 e. The van der Waals surface area contributed by atoms with Crippen LogP contribution in [0.5, 0.6) is 5.75 Å². The van der Waals surface area contributed by atoms with Crippen molar-refractivity contribution in [2.24, 2.45) is 4.99 Å². The number of carbonyl (C=O) groups is 1. The summed E-state index contributed by atoms with van der Waals surface area (Å²) in [6.45, 7) is 1.40. The van der Waals surface area contributed by atoms with Crippen molar-refractivity contribution in [1.29, 1.82) is 0 Å². The standard InChI is InChI=1S/C20H32N4O3/c1-24(2)19(25)15-21-20(22-16-8-4-5-9-16)23-17-10-6-11-18(14-17)27-13-7-12-26-3/h6,10-11,14,16H,4-5,7-9,12-13,15H2,1-3H3,(H2,21,22,23). The maximum absolute atomic E-state index is 11.9. The minimum atomic E-state index is -0.0299. The molecule has 1 saturated carbocycles. The summed E-state index contributed by atoms with van der Waals surface area (Å²) in [6, 6.07) is 8.16. The predicted molar refractivity (Wildman–Crippen MR) is 108 cm³/mol. The molecule has 0 saturated heterocycles. The van der Waals surface area contributed by atoms with Gasteiger partial charge < -0.3 is 25.0 Å². The van der Waals surface area contributed by atoms with Gasteiger partial charge in [0.2, 0.25) is 5.91 Å². The molecule has 1 aliphatic carbocycles. The van der Waals surface area contributed by atoms with E-state index in [9.17, 15) is 4.79 Å². The van der Waals surface area contributed by atoms with Crippen LogP contribution in [0.15, 0.2) is 29.3 Å². The van der Waals surface area contributed by atoms with Crippen molar-refractivity contribution >= 4 is 17.6 Å². The summed E-state index contributed by atoms with van der Waals surface area (Å²) in [7, 11) is 5.16. The fraction of sp³-hybridized carbons (Fsp3) is 0.600. The Morgan fingerprint density at radius 3 is 2.74 bits per heavy atom. The van der Waals surface area contributed by atoms with Crippen LogP contribution in [0.3, 0.4) is 0 Å². The van der Waals surface area contributed by atoms with Crippen LogP contribution in [0, 0.1) is 0 Å². The van der Waals surface area contributed by atoms with Gasteiger partial charge in [0.05, 0.1) is 6.61 Å². The van der Waals surface area contributed by atoms with Crippen LogP contribution >= 0.6 is 0 Å². The summed E-state index contributed by atoms with van der Waals surface area (Å²) in [5.74, 6) is 1.40. The molecule has 1 aromatic rings. The lowest BCUT2D eigenvalue weighted by Gasteiger charge is -2.18. The molecule has 0 unspecified atom stereocenters. The lowest BCUT2D eigenvalue weighted by atomic mass is 10.2. The van der Waals surface area contributed by atoms with Gasteiger partial charge in [-0.15, -0.1) is 0 Å². The third kappa shape index (κ3) is 7.86. The van der Waals surface area contributed by atoms with Crippen LogP contribution in [-0.4, -0.2) is 63.8 Å². The molecule has 7 nitrogen and oxygen atoms in total. The zero-order chi connectivity index (χ0) is 19.5. The molecule has 7 heteroatoms. The van der Waals surface area contributed by atoms with Gasteiger partial charge in [-0.25, -0.2) is 4.99 Å². The minimum absolute atomic E-state index is 0.0299. The number of anilines is 1. The maximum Gasteiger partial charge on any atom is 0.243 e. The van der Waals surface area contributed by atoms with Crippen LogP contribution in [-0.2, 0) is 9.53 Å². The number of methoxy groups -OCH3 is 1. The molecule has 150 valence electrons. The lowest BCUT2D eigenvalue weighted by Crippen LogP contribution is -2.38. The van der Waals surface area contributed by atoms with Crippen molar-refractivity contribution < 1.29 is 14.3 Å². The van der Waals surface area contributed by atoms with E-state index in [0.29, 0.717) is 25.2 Å². The highest BCUT2D eigenvalue weighted by molar-refractivity contribution is 5.95. The molecule has 1 aliphatic rings. The maximum atomic E-state index is 11.9. The van der Waals surface area contributed by atoms with Gasteiger partial charge in [0.25, 0.3) is 0 Å². The first-order chi connectivity index (χ1) is 13.1. The van der Waals surface area contributed by atoms with Gasteiger partial charge in [0, 0.05) is 52.0 Å². The highest BCUT2D eigenvalue weighted by Gasteiger charge is 2.16. The Labute approximate surface area is 162 Å². The molecular formula is C20H32N4O3. The normalized spacial score (nSPS) is 14.9. The van der Waals surface area contributed by atoms with Crippen molar-refractivity contribution in [3.05, 3.63) is 24.3 Å². The molecule has 2 N–H and O–H groups in total. The quantitative estimate of drug-likeness (QED) is 0.393. The Balaban J connectivity index is 2.00. The van der Waals surface area contributed by atoms with Gasteiger partial charge >= 0.3 is 0 Å². The number of nitrogens with one attached hydrogen (secondary N) is 2. The van der Waals surface area contributed by atoms with E-state index in [-0.39, 0.29) is 12.5 Å². The van der Waals surface area contributed by atoms with Gasteiger partial charge in [-0.2, -0.15) is 0 Å². The van der Waals surface area contributed by atoms with E-state index >= 15 is 0 Å². The highest BCUT2D eigenvalue weighted by Crippen LogP contribution is 2.19. The second-order valence-corrected chi connectivity index (χ2v) is 6.93. The van der Waals surface area contributed by atoms with Gasteiger partial charge in [-0.05, 0) is 25.0 Å². The Kier molecular flexibility index (Phi) is 8.91. The van der Waals surface area contributed by atoms with Gasteiger partial charge in [0.15, 0.2) is 5.96 Å². The molecule has 1 fully saturated rings. The summed E-state index contributed by atoms with van der Waals surface area (Å²) in [6.07, 6.45) is 5.56. The number of carbonyl (C=O) groups excluding carboxylic acids is 1. The van der Waals surface area contributed by atoms with Crippen molar-refractivity contribution in [3.63, 3.8) is 0 Å². The molecule has 0 aromatic heterocycles. The van der Waals surface area contributed by atoms with E-state index in [1.165, 1.54) is 12.8 Å². The number of hydrogen-bond donors (Lipinski definition) is 2. The Morgan fingerprint density at radius 2 is 2.04 bits per heavy atom. The third-order valence-electron chi connectivity index (χ3n) is 4.43. The van der Waals surface area contributed by atoms with E-state index in [1.807, 2.05) is 24.3 Å². The highest BCUT2D eigenvalue weighted by atomic mass is 16.5. The van der Waals surface area contributed by atoms with Crippen molar-refractivity contribution in [2.45, 2.75) is 38.1 Å². The molecule has 0 bridgehead atoms. The van der Waals surface area contributed by atoms with Gasteiger partial charge in [-0.3, -0.25) is 4.79 Å². The number of ether oxygens (including phenoxy) is 2. The number of nitrogens with zero attached hydrogens (tertiary/aromatic N) is 2. The largest absolute Gasteiger partial charge is 0.493 e. The number of amides is 1. The molecular weight excluding hydrogens is 344 g/mol. The first kappa shape index (κ1) is 21.0. The summed E-state index contributed by atoms with van der Waals surface area (Å²) in [5, 5.41) is 6.75. The second-order valence-electron chi connectivity index (χ2n) is 6.93. The van der Waals surface area contributed by atoms with Crippen LogP contribution in [0.1, 0.15) is 32.1 Å². The number of guanidine groups is 1. The average Bonchev–Trinajstić information content (AvgIpc) is 3.16. The van der Waals surface area contributed by atoms with E-state index in [4.69, 9.17) is 9.47 Å². The molecule has 2 rings (SSSR count). The van der Waals surface area contributed by atoms with Crippen molar-refractivity contribution in [1.82, 2.24) is 10.2 Å². The van der Waals surface area contributed by atoms with Crippen molar-refractivity contribution in [3.8, 4) is 5.75 Å². The van der Waals surface area contributed by atoms with Crippen LogP contribution in [0.4, 0.5) is 5.69 Å². The second kappa shape index (κ2) is 11.4. The fourth-order valence-electron chi connectivity index (χ4n) is 2.87. The average molecular weight is 377 g/mol. The predicted octanol–water partition coefficient (Wildman–Crippen LogP) is 2.49.